The molecule has 0 bridgehead atoms. The highest BCUT2D eigenvalue weighted by Crippen LogP contribution is 2.30. The molecule has 0 radical (unpaired) electrons. The minimum atomic E-state index is -4.14. The number of aromatic nitrogens is 4. The summed E-state index contributed by atoms with van der Waals surface area (Å²) in [7, 11) is -2.30. The molecule has 1 fully saturated rings. The smallest absolute Gasteiger partial charge is 0.322 e. The third-order valence-corrected chi connectivity index (χ3v) is 10.9. The van der Waals surface area contributed by atoms with Crippen LogP contribution in [0, 0.1) is 20.8 Å². The van der Waals surface area contributed by atoms with Crippen molar-refractivity contribution < 1.29 is 22.8 Å². The van der Waals surface area contributed by atoms with Crippen molar-refractivity contribution in [1.82, 2.24) is 34.7 Å². The highest BCUT2D eigenvalue weighted by Gasteiger charge is 2.32. The van der Waals surface area contributed by atoms with Gasteiger partial charge in [-0.25, -0.2) is 22.9 Å². The van der Waals surface area contributed by atoms with Gasteiger partial charge in [-0.05, 0) is 85.7 Å². The molecule has 3 aromatic carbocycles. The van der Waals surface area contributed by atoms with Gasteiger partial charge in [-0.3, -0.25) is 14.9 Å². The molecule has 52 heavy (non-hydrogen) atoms. The van der Waals surface area contributed by atoms with Gasteiger partial charge >= 0.3 is 6.03 Å². The number of nitrogens with zero attached hydrogens (tertiary/aromatic N) is 5. The number of aryl methyl sites for hydroxylation is 4. The molecule has 0 aliphatic carbocycles. The number of amides is 4. The summed E-state index contributed by atoms with van der Waals surface area (Å²) in [5.41, 5.74) is 7.42. The van der Waals surface area contributed by atoms with E-state index in [1.165, 1.54) is 6.07 Å². The number of anilines is 5. The predicted octanol–water partition coefficient (Wildman–Crippen LogP) is 4.45. The second-order valence-corrected chi connectivity index (χ2v) is 14.8. The van der Waals surface area contributed by atoms with Gasteiger partial charge in [-0.1, -0.05) is 30.3 Å². The first kappa shape index (κ1) is 34.6. The minimum absolute atomic E-state index is 0.0349. The van der Waals surface area contributed by atoms with Crippen LogP contribution in [0.1, 0.15) is 40.7 Å². The summed E-state index contributed by atoms with van der Waals surface area (Å²) in [6, 6.07) is 15.2. The number of sulfonamides is 1. The number of imide groups is 1. The van der Waals surface area contributed by atoms with Crippen molar-refractivity contribution in [2.45, 2.75) is 57.5 Å². The average molecular weight is 723 g/mol. The van der Waals surface area contributed by atoms with Gasteiger partial charge in [0.15, 0.2) is 11.5 Å². The molecule has 7 rings (SSSR count). The number of hydrogen-bond donors (Lipinski definition) is 5. The van der Waals surface area contributed by atoms with Gasteiger partial charge in [-0.15, -0.1) is 0 Å². The van der Waals surface area contributed by atoms with Crippen molar-refractivity contribution in [3.8, 4) is 0 Å². The highest BCUT2D eigenvalue weighted by atomic mass is 32.2. The summed E-state index contributed by atoms with van der Waals surface area (Å²) in [6.07, 6.45) is 2.48. The van der Waals surface area contributed by atoms with Gasteiger partial charge in [-0.2, -0.15) is 14.8 Å². The number of benzene rings is 3. The Morgan fingerprint density at radius 2 is 1.69 bits per heavy atom. The number of nitrogens with one attached hydrogen (secondary N) is 5. The average Bonchev–Trinajstić information content (AvgIpc) is 3.42. The SMILES string of the molecule is Cc1ccc(NC(=O)N2CCc3ccc(Nc4ncc5c(Nc6c(C)cccc6C)nn(C)c5n4)cc3C2)cc1S(=O)(=O)NC1CCC(=O)NC1=O. The quantitative estimate of drug-likeness (QED) is 0.143. The Balaban J connectivity index is 1.03. The normalized spacial score (nSPS) is 16.0. The number of fused-ring (bicyclic) bond motifs is 2. The molecule has 0 spiro atoms. The molecule has 4 amide bonds. The van der Waals surface area contributed by atoms with E-state index in [4.69, 9.17) is 4.98 Å². The molecule has 2 aliphatic heterocycles. The van der Waals surface area contributed by atoms with Gasteiger partial charge in [0, 0.05) is 49.8 Å². The van der Waals surface area contributed by atoms with Crippen LogP contribution in [0.5, 0.6) is 0 Å². The van der Waals surface area contributed by atoms with Crippen LogP contribution in [-0.2, 0) is 39.6 Å². The number of rotatable bonds is 8. The lowest BCUT2D eigenvalue weighted by Gasteiger charge is -2.29. The second-order valence-electron chi connectivity index (χ2n) is 13.1. The Morgan fingerprint density at radius 1 is 0.923 bits per heavy atom. The van der Waals surface area contributed by atoms with Gasteiger partial charge in [0.1, 0.15) is 6.04 Å². The maximum atomic E-state index is 13.4. The number of carbonyl (C=O) groups excluding carboxylic acids is 3. The van der Waals surface area contributed by atoms with E-state index in [-0.39, 0.29) is 29.5 Å². The van der Waals surface area contributed by atoms with Gasteiger partial charge in [0.25, 0.3) is 0 Å². The number of urea groups is 1. The summed E-state index contributed by atoms with van der Waals surface area (Å²) >= 11 is 0. The molecule has 4 heterocycles. The fourth-order valence-electron chi connectivity index (χ4n) is 6.48. The standard InChI is InChI=1S/C36H38N10O5S/c1-20-8-10-26(17-29(20)52(50,51)44-28-12-13-30(47)40-34(28)48)39-36(49)46-15-14-23-9-11-25(16-24(23)19-46)38-35-37-18-27-32(43-45(4)33(27)42-35)41-31-21(2)6-5-7-22(31)3/h5-11,16-18,28,44H,12-15,19H2,1-4H3,(H,39,49)(H,41,43)(H,37,38,42)(H,40,47,48). The zero-order chi connectivity index (χ0) is 36.7. The molecule has 2 aromatic heterocycles. The maximum Gasteiger partial charge on any atom is 0.322 e. The topological polar surface area (TPSA) is 192 Å². The monoisotopic (exact) mass is 722 g/mol. The third kappa shape index (κ3) is 7.02. The molecule has 268 valence electrons. The Hall–Kier alpha value is -5.87. The molecule has 15 nitrogen and oxygen atoms in total. The summed E-state index contributed by atoms with van der Waals surface area (Å²) in [5, 5.41) is 17.1. The molecular formula is C36H38N10O5S. The zero-order valence-electron chi connectivity index (χ0n) is 29.1. The van der Waals surface area contributed by atoms with Gasteiger partial charge in [0.2, 0.25) is 27.8 Å². The minimum Gasteiger partial charge on any atom is -0.338 e. The first-order chi connectivity index (χ1) is 24.8. The van der Waals surface area contributed by atoms with Crippen LogP contribution in [0.4, 0.5) is 33.6 Å². The fraction of sp³-hybridized carbons (Fsp3) is 0.278. The third-order valence-electron chi connectivity index (χ3n) is 9.33. The van der Waals surface area contributed by atoms with Crippen molar-refractivity contribution >= 4 is 67.7 Å². The van der Waals surface area contributed by atoms with E-state index in [0.717, 1.165) is 39.0 Å². The van der Waals surface area contributed by atoms with Crippen molar-refractivity contribution in [1.29, 1.82) is 0 Å². The lowest BCUT2D eigenvalue weighted by atomic mass is 9.99. The zero-order valence-corrected chi connectivity index (χ0v) is 29.9. The summed E-state index contributed by atoms with van der Waals surface area (Å²) in [4.78, 5) is 48.0. The Labute approximate surface area is 300 Å². The molecule has 5 aromatic rings. The highest BCUT2D eigenvalue weighted by molar-refractivity contribution is 7.89. The maximum absolute atomic E-state index is 13.4. The van der Waals surface area contributed by atoms with E-state index < -0.39 is 27.9 Å². The van der Waals surface area contributed by atoms with E-state index in [1.54, 1.807) is 34.8 Å². The molecule has 1 saturated heterocycles. The molecule has 2 aliphatic rings. The molecule has 0 saturated carbocycles. The largest absolute Gasteiger partial charge is 0.338 e. The van der Waals surface area contributed by atoms with E-state index >= 15 is 0 Å². The molecular weight excluding hydrogens is 685 g/mol. The summed E-state index contributed by atoms with van der Waals surface area (Å²) in [6.45, 7) is 6.52. The van der Waals surface area contributed by atoms with Crippen LogP contribution in [0.2, 0.25) is 0 Å². The first-order valence-corrected chi connectivity index (χ1v) is 18.3. The van der Waals surface area contributed by atoms with Crippen molar-refractivity contribution in [3.05, 3.63) is 88.6 Å². The fourth-order valence-corrected chi connectivity index (χ4v) is 7.98. The van der Waals surface area contributed by atoms with E-state index in [2.05, 4.69) is 36.1 Å². The molecule has 1 unspecified atom stereocenters. The van der Waals surface area contributed by atoms with E-state index in [9.17, 15) is 22.8 Å². The number of hydrogen-bond acceptors (Lipinski definition) is 10. The Kier molecular flexibility index (Phi) is 9.10. The van der Waals surface area contributed by atoms with Crippen LogP contribution in [-0.4, -0.2) is 63.5 Å². The van der Waals surface area contributed by atoms with Crippen LogP contribution >= 0.6 is 0 Å². The number of carbonyl (C=O) groups is 3. The second kappa shape index (κ2) is 13.7. The van der Waals surface area contributed by atoms with Crippen molar-refractivity contribution in [3.63, 3.8) is 0 Å². The lowest BCUT2D eigenvalue weighted by Crippen LogP contribution is -2.52. The molecule has 1 atom stereocenters. The molecule has 16 heteroatoms. The van der Waals surface area contributed by atoms with Crippen molar-refractivity contribution in [2.75, 3.05) is 22.5 Å². The Morgan fingerprint density at radius 3 is 2.46 bits per heavy atom. The predicted molar refractivity (Wildman–Crippen MR) is 196 cm³/mol. The van der Waals surface area contributed by atoms with Crippen LogP contribution in [0.3, 0.4) is 0 Å². The van der Waals surface area contributed by atoms with Crippen LogP contribution < -0.4 is 26.0 Å². The summed E-state index contributed by atoms with van der Waals surface area (Å²) in [5.74, 6) is -0.0663. The molecule has 5 N–H and O–H groups in total. The Bertz CT molecular complexity index is 2350. The van der Waals surface area contributed by atoms with Crippen molar-refractivity contribution in [2.24, 2.45) is 7.05 Å². The van der Waals surface area contributed by atoms with Crippen LogP contribution in [0.15, 0.2) is 65.7 Å². The van der Waals surface area contributed by atoms with Gasteiger partial charge in [0.05, 0.1) is 10.3 Å². The number of para-hydroxylation sites is 1. The van der Waals surface area contributed by atoms with Gasteiger partial charge < -0.3 is 20.9 Å². The number of piperidine rings is 1. The first-order valence-electron chi connectivity index (χ1n) is 16.8. The lowest BCUT2D eigenvalue weighted by molar-refractivity contribution is -0.134. The van der Waals surface area contributed by atoms with E-state index in [1.807, 2.05) is 57.3 Å². The van der Waals surface area contributed by atoms with E-state index in [0.29, 0.717) is 42.5 Å². The van der Waals surface area contributed by atoms with Crippen LogP contribution in [0.25, 0.3) is 11.0 Å². The summed E-state index contributed by atoms with van der Waals surface area (Å²) < 4.78 is 30.6.